The first-order chi connectivity index (χ1) is 7.11. The van der Waals surface area contributed by atoms with Crippen molar-refractivity contribution in [3.63, 3.8) is 0 Å². The number of nitrogens with one attached hydrogen (secondary N) is 1. The first-order valence-electron chi connectivity index (χ1n) is 5.29. The van der Waals surface area contributed by atoms with Crippen molar-refractivity contribution in [3.8, 4) is 0 Å². The number of carbonyl (C=O) groups is 2. The summed E-state index contributed by atoms with van der Waals surface area (Å²) in [7, 11) is 0. The zero-order chi connectivity index (χ0) is 11.0. The number of amides is 1. The monoisotopic (exact) mass is 212 g/mol. The number of piperidine rings is 1. The summed E-state index contributed by atoms with van der Waals surface area (Å²) in [6.07, 6.45) is 0.877. The highest BCUT2D eigenvalue weighted by molar-refractivity contribution is 5.87. The van der Waals surface area contributed by atoms with E-state index in [1.165, 1.54) is 18.9 Å². The zero-order valence-electron chi connectivity index (χ0n) is 9.03. The molecule has 0 aromatic rings. The first-order valence-corrected chi connectivity index (χ1v) is 5.29. The van der Waals surface area contributed by atoms with Crippen molar-refractivity contribution in [2.24, 2.45) is 5.92 Å². The van der Waals surface area contributed by atoms with E-state index in [4.69, 9.17) is 4.84 Å². The SMILES string of the molecule is CC(=O)C1C2CNCCC2ON1C(C)=O. The number of ketones is 1. The molecule has 5 nitrogen and oxygen atoms in total. The minimum Gasteiger partial charge on any atom is -0.316 e. The number of hydrogen-bond acceptors (Lipinski definition) is 4. The van der Waals surface area contributed by atoms with Gasteiger partial charge in [0.15, 0.2) is 5.78 Å². The second-order valence-corrected chi connectivity index (χ2v) is 4.20. The van der Waals surface area contributed by atoms with Crippen LogP contribution in [0.1, 0.15) is 20.3 Å². The maximum atomic E-state index is 11.5. The van der Waals surface area contributed by atoms with Crippen molar-refractivity contribution in [1.29, 1.82) is 0 Å². The molecule has 2 saturated heterocycles. The van der Waals surface area contributed by atoms with Gasteiger partial charge < -0.3 is 5.32 Å². The normalized spacial score (nSPS) is 35.1. The molecule has 0 bridgehead atoms. The van der Waals surface area contributed by atoms with E-state index in [0.29, 0.717) is 0 Å². The lowest BCUT2D eigenvalue weighted by Gasteiger charge is -2.25. The van der Waals surface area contributed by atoms with Gasteiger partial charge in [-0.05, 0) is 19.9 Å². The zero-order valence-corrected chi connectivity index (χ0v) is 9.03. The number of Topliss-reactive ketones (excluding diaryl/α,β-unsaturated/α-hetero) is 1. The number of fused-ring (bicyclic) bond motifs is 1. The number of hydroxylamine groups is 2. The fourth-order valence-corrected chi connectivity index (χ4v) is 2.43. The highest BCUT2D eigenvalue weighted by Crippen LogP contribution is 2.31. The number of hydrogen-bond donors (Lipinski definition) is 1. The predicted molar refractivity (Wildman–Crippen MR) is 52.8 cm³/mol. The molecule has 0 aromatic carbocycles. The molecule has 0 spiro atoms. The first kappa shape index (κ1) is 10.6. The Labute approximate surface area is 88.7 Å². The average Bonchev–Trinajstić information content (AvgIpc) is 2.56. The molecule has 2 rings (SSSR count). The average molecular weight is 212 g/mol. The minimum absolute atomic E-state index is 0.00130. The largest absolute Gasteiger partial charge is 0.316 e. The summed E-state index contributed by atoms with van der Waals surface area (Å²) in [6, 6.07) is -0.403. The molecule has 3 unspecified atom stereocenters. The molecule has 1 N–H and O–H groups in total. The molecule has 3 atom stereocenters. The lowest BCUT2D eigenvalue weighted by molar-refractivity contribution is -0.187. The molecule has 84 valence electrons. The summed E-state index contributed by atoms with van der Waals surface area (Å²) in [5.74, 6) is -0.0776. The van der Waals surface area contributed by atoms with Gasteiger partial charge in [-0.25, -0.2) is 5.06 Å². The fraction of sp³-hybridized carbons (Fsp3) is 0.800. The lowest BCUT2D eigenvalue weighted by Crippen LogP contribution is -2.46. The van der Waals surface area contributed by atoms with Crippen LogP contribution in [0.5, 0.6) is 0 Å². The van der Waals surface area contributed by atoms with E-state index in [-0.39, 0.29) is 23.7 Å². The van der Waals surface area contributed by atoms with Crippen LogP contribution in [0.4, 0.5) is 0 Å². The molecule has 0 aromatic heterocycles. The Hall–Kier alpha value is -0.940. The summed E-state index contributed by atoms with van der Waals surface area (Å²) in [4.78, 5) is 28.4. The maximum Gasteiger partial charge on any atom is 0.243 e. The molecule has 15 heavy (non-hydrogen) atoms. The van der Waals surface area contributed by atoms with Gasteiger partial charge in [-0.3, -0.25) is 14.4 Å². The van der Waals surface area contributed by atoms with Gasteiger partial charge in [-0.1, -0.05) is 0 Å². The van der Waals surface area contributed by atoms with Crippen LogP contribution in [0, 0.1) is 5.92 Å². The van der Waals surface area contributed by atoms with Crippen LogP contribution in [0.25, 0.3) is 0 Å². The van der Waals surface area contributed by atoms with Gasteiger partial charge in [0.1, 0.15) is 6.04 Å². The van der Waals surface area contributed by atoms with Gasteiger partial charge in [0, 0.05) is 19.4 Å². The molecule has 0 radical (unpaired) electrons. The van der Waals surface area contributed by atoms with Gasteiger partial charge in [0.2, 0.25) is 5.91 Å². The third kappa shape index (κ3) is 1.77. The number of nitrogens with zero attached hydrogens (tertiary/aromatic N) is 1. The van der Waals surface area contributed by atoms with Gasteiger partial charge >= 0.3 is 0 Å². The van der Waals surface area contributed by atoms with Gasteiger partial charge in [0.05, 0.1) is 6.10 Å². The Morgan fingerprint density at radius 1 is 1.40 bits per heavy atom. The quantitative estimate of drug-likeness (QED) is 0.649. The van der Waals surface area contributed by atoms with E-state index >= 15 is 0 Å². The van der Waals surface area contributed by atoms with Crippen molar-refractivity contribution >= 4 is 11.7 Å². The van der Waals surface area contributed by atoms with Crippen molar-refractivity contribution in [2.75, 3.05) is 13.1 Å². The molecule has 2 aliphatic rings. The molecule has 2 heterocycles. The van der Waals surface area contributed by atoms with Crippen LogP contribution in [-0.4, -0.2) is 42.0 Å². The molecule has 5 heteroatoms. The standard InChI is InChI=1S/C10H16N2O3/c1-6(13)10-8-5-11-4-3-9(8)15-12(10)7(2)14/h8-11H,3-5H2,1-2H3. The van der Waals surface area contributed by atoms with E-state index in [0.717, 1.165) is 19.5 Å². The number of carbonyl (C=O) groups excluding carboxylic acids is 2. The Morgan fingerprint density at radius 3 is 2.73 bits per heavy atom. The topological polar surface area (TPSA) is 58.6 Å². The van der Waals surface area contributed by atoms with Crippen LogP contribution >= 0.6 is 0 Å². The predicted octanol–water partition coefficient (Wildman–Crippen LogP) is -0.284. The molecule has 2 aliphatic heterocycles. The van der Waals surface area contributed by atoms with Gasteiger partial charge in [0.25, 0.3) is 0 Å². The summed E-state index contributed by atoms with van der Waals surface area (Å²) in [5.41, 5.74) is 0. The van der Waals surface area contributed by atoms with Crippen LogP contribution in [0.15, 0.2) is 0 Å². The minimum atomic E-state index is -0.403. The molecule has 0 aliphatic carbocycles. The van der Waals surface area contributed by atoms with Gasteiger partial charge in [-0.15, -0.1) is 0 Å². The molecule has 1 amide bonds. The summed E-state index contributed by atoms with van der Waals surface area (Å²) < 4.78 is 0. The third-order valence-electron chi connectivity index (χ3n) is 3.10. The summed E-state index contributed by atoms with van der Waals surface area (Å²) in [5, 5.41) is 4.48. The highest BCUT2D eigenvalue weighted by atomic mass is 16.7. The molecule has 2 fully saturated rings. The summed E-state index contributed by atoms with van der Waals surface area (Å²) in [6.45, 7) is 4.58. The van der Waals surface area contributed by atoms with Crippen molar-refractivity contribution < 1.29 is 14.4 Å². The highest BCUT2D eigenvalue weighted by Gasteiger charge is 2.47. The van der Waals surface area contributed by atoms with Crippen LogP contribution < -0.4 is 5.32 Å². The van der Waals surface area contributed by atoms with Crippen molar-refractivity contribution in [1.82, 2.24) is 10.4 Å². The Kier molecular flexibility index (Phi) is 2.75. The second-order valence-electron chi connectivity index (χ2n) is 4.20. The maximum absolute atomic E-state index is 11.5. The van der Waals surface area contributed by atoms with Crippen molar-refractivity contribution in [3.05, 3.63) is 0 Å². The van der Waals surface area contributed by atoms with Crippen molar-refractivity contribution in [2.45, 2.75) is 32.4 Å². The van der Waals surface area contributed by atoms with E-state index in [1.54, 1.807) is 0 Å². The van der Waals surface area contributed by atoms with Crippen LogP contribution in [-0.2, 0) is 14.4 Å². The fourth-order valence-electron chi connectivity index (χ4n) is 2.43. The van der Waals surface area contributed by atoms with E-state index in [1.807, 2.05) is 0 Å². The Balaban J connectivity index is 2.21. The second kappa shape index (κ2) is 3.90. The van der Waals surface area contributed by atoms with Crippen LogP contribution in [0.3, 0.4) is 0 Å². The number of rotatable bonds is 1. The Morgan fingerprint density at radius 2 is 2.13 bits per heavy atom. The van der Waals surface area contributed by atoms with Crippen LogP contribution in [0.2, 0.25) is 0 Å². The van der Waals surface area contributed by atoms with E-state index in [9.17, 15) is 9.59 Å². The summed E-state index contributed by atoms with van der Waals surface area (Å²) >= 11 is 0. The molecular weight excluding hydrogens is 196 g/mol. The van der Waals surface area contributed by atoms with Gasteiger partial charge in [-0.2, -0.15) is 0 Å². The molecular formula is C10H16N2O3. The lowest BCUT2D eigenvalue weighted by atomic mass is 9.88. The smallest absolute Gasteiger partial charge is 0.243 e. The Bertz CT molecular complexity index is 292. The van der Waals surface area contributed by atoms with E-state index in [2.05, 4.69) is 5.32 Å². The van der Waals surface area contributed by atoms with E-state index < -0.39 is 6.04 Å². The molecule has 0 saturated carbocycles. The third-order valence-corrected chi connectivity index (χ3v) is 3.10.